The van der Waals surface area contributed by atoms with E-state index in [1.807, 2.05) is 30.3 Å². The van der Waals surface area contributed by atoms with Crippen LogP contribution in [0.25, 0.3) is 61.0 Å². The molecule has 0 saturated heterocycles. The third-order valence-corrected chi connectivity index (χ3v) is 5.97. The Morgan fingerprint density at radius 3 is 2.44 bits per heavy atom. The van der Waals surface area contributed by atoms with E-state index < -0.39 is 0 Å². The highest BCUT2D eigenvalue weighted by Crippen LogP contribution is 2.39. The van der Waals surface area contributed by atoms with Gasteiger partial charge in [0.25, 0.3) is 0 Å². The van der Waals surface area contributed by atoms with E-state index in [0.717, 1.165) is 61.0 Å². The van der Waals surface area contributed by atoms with Gasteiger partial charge in [0.2, 0.25) is 0 Å². The van der Waals surface area contributed by atoms with Crippen LogP contribution in [0.5, 0.6) is 0 Å². The summed E-state index contributed by atoms with van der Waals surface area (Å²) < 4.78 is 8.62. The van der Waals surface area contributed by atoms with Crippen LogP contribution in [0.1, 0.15) is 0 Å². The minimum atomic E-state index is 0.741. The summed E-state index contributed by atoms with van der Waals surface area (Å²) >= 11 is 0. The van der Waals surface area contributed by atoms with E-state index in [1.54, 1.807) is 12.5 Å². The van der Waals surface area contributed by atoms with Gasteiger partial charge in [-0.05, 0) is 29.7 Å². The lowest BCUT2D eigenvalue weighted by atomic mass is 10.0. The number of fused-ring (bicyclic) bond motifs is 6. The van der Waals surface area contributed by atoms with E-state index in [0.29, 0.717) is 0 Å². The lowest BCUT2D eigenvalue weighted by molar-refractivity contribution is 0.673. The molecule has 7 rings (SSSR count). The zero-order chi connectivity index (χ0) is 21.1. The number of hydrogen-bond acceptors (Lipinski definition) is 4. The summed E-state index contributed by atoms with van der Waals surface area (Å²) in [4.78, 5) is 13.6. The molecule has 3 aromatic heterocycles. The molecule has 0 aliphatic carbocycles. The van der Waals surface area contributed by atoms with Crippen molar-refractivity contribution in [2.75, 3.05) is 0 Å². The first-order valence-corrected chi connectivity index (χ1v) is 10.5. The molecule has 0 atom stereocenters. The summed E-state index contributed by atoms with van der Waals surface area (Å²) in [5, 5.41) is 4.44. The first-order valence-electron chi connectivity index (χ1n) is 10.5. The van der Waals surface area contributed by atoms with Gasteiger partial charge in [-0.2, -0.15) is 0 Å². The Kier molecular flexibility index (Phi) is 3.49. The van der Waals surface area contributed by atoms with Crippen molar-refractivity contribution in [2.45, 2.75) is 0 Å². The van der Waals surface area contributed by atoms with Gasteiger partial charge in [0.15, 0.2) is 11.5 Å². The average molecular weight is 412 g/mol. The standard InChI is InChI=1S/C27H16N4O/c1-2-8-18(9-3-1)31-26(30-23-15-28-16-29-27(23)31)22-12-6-11-20-21-14-13-17-7-4-5-10-19(17)24(21)32-25(20)22/h1-16H. The molecule has 0 aliphatic rings. The van der Waals surface area contributed by atoms with Gasteiger partial charge in [0.05, 0.1) is 11.8 Å². The maximum Gasteiger partial charge on any atom is 0.168 e. The van der Waals surface area contributed by atoms with Crippen LogP contribution in [0.4, 0.5) is 0 Å². The second-order valence-electron chi connectivity index (χ2n) is 7.79. The summed E-state index contributed by atoms with van der Waals surface area (Å²) in [6.45, 7) is 0. The number of para-hydroxylation sites is 2. The molecule has 5 heteroatoms. The number of imidazole rings is 1. The molecule has 32 heavy (non-hydrogen) atoms. The summed E-state index contributed by atoms with van der Waals surface area (Å²) in [5.74, 6) is 0.778. The molecule has 0 unspecified atom stereocenters. The van der Waals surface area contributed by atoms with Crippen molar-refractivity contribution < 1.29 is 4.42 Å². The van der Waals surface area contributed by atoms with Gasteiger partial charge in [0.1, 0.15) is 23.0 Å². The van der Waals surface area contributed by atoms with Crippen molar-refractivity contribution in [3.63, 3.8) is 0 Å². The van der Waals surface area contributed by atoms with Crippen LogP contribution in [-0.2, 0) is 0 Å². The normalized spacial score (nSPS) is 11.8. The van der Waals surface area contributed by atoms with Crippen LogP contribution < -0.4 is 0 Å². The Labute approximate surface area is 182 Å². The summed E-state index contributed by atoms with van der Waals surface area (Å²) in [5.41, 5.74) is 5.13. The number of hydrogen-bond donors (Lipinski definition) is 0. The Hall–Kier alpha value is -4.51. The van der Waals surface area contributed by atoms with Crippen molar-refractivity contribution in [3.8, 4) is 17.1 Å². The lowest BCUT2D eigenvalue weighted by Crippen LogP contribution is -1.98. The molecular weight excluding hydrogens is 396 g/mol. The predicted molar refractivity (Wildman–Crippen MR) is 127 cm³/mol. The maximum absolute atomic E-state index is 6.55. The smallest absolute Gasteiger partial charge is 0.168 e. The number of benzene rings is 4. The quantitative estimate of drug-likeness (QED) is 0.324. The van der Waals surface area contributed by atoms with Crippen molar-refractivity contribution in [2.24, 2.45) is 0 Å². The van der Waals surface area contributed by atoms with Crippen molar-refractivity contribution in [1.82, 2.24) is 19.5 Å². The molecule has 150 valence electrons. The van der Waals surface area contributed by atoms with Gasteiger partial charge in [-0.25, -0.2) is 15.0 Å². The number of aromatic nitrogens is 4. The van der Waals surface area contributed by atoms with E-state index >= 15 is 0 Å². The van der Waals surface area contributed by atoms with Crippen molar-refractivity contribution in [3.05, 3.63) is 97.5 Å². The molecule has 0 spiro atoms. The molecular formula is C27H16N4O. The predicted octanol–water partition coefficient (Wildman–Crippen LogP) is 6.54. The van der Waals surface area contributed by atoms with Crippen LogP contribution in [0.2, 0.25) is 0 Å². The van der Waals surface area contributed by atoms with Crippen LogP contribution in [0.15, 0.2) is 102 Å². The minimum Gasteiger partial charge on any atom is -0.455 e. The lowest BCUT2D eigenvalue weighted by Gasteiger charge is -2.09. The highest BCUT2D eigenvalue weighted by atomic mass is 16.3. The topological polar surface area (TPSA) is 56.7 Å². The first-order chi connectivity index (χ1) is 15.9. The number of furan rings is 1. The second-order valence-corrected chi connectivity index (χ2v) is 7.79. The number of nitrogens with zero attached hydrogens (tertiary/aromatic N) is 4. The Morgan fingerprint density at radius 1 is 0.688 bits per heavy atom. The Bertz CT molecular complexity index is 1780. The van der Waals surface area contributed by atoms with Crippen LogP contribution >= 0.6 is 0 Å². The van der Waals surface area contributed by atoms with E-state index in [9.17, 15) is 0 Å². The van der Waals surface area contributed by atoms with Crippen LogP contribution in [0.3, 0.4) is 0 Å². The summed E-state index contributed by atoms with van der Waals surface area (Å²) in [6.07, 6.45) is 3.30. The summed E-state index contributed by atoms with van der Waals surface area (Å²) in [6, 6.07) is 28.9. The maximum atomic E-state index is 6.55. The van der Waals surface area contributed by atoms with E-state index in [-0.39, 0.29) is 0 Å². The molecule has 0 saturated carbocycles. The third kappa shape index (κ3) is 2.36. The molecule has 7 aromatic rings. The van der Waals surface area contributed by atoms with Gasteiger partial charge in [-0.15, -0.1) is 0 Å². The zero-order valence-corrected chi connectivity index (χ0v) is 16.9. The van der Waals surface area contributed by atoms with Gasteiger partial charge < -0.3 is 4.42 Å². The van der Waals surface area contributed by atoms with Crippen molar-refractivity contribution in [1.29, 1.82) is 0 Å². The largest absolute Gasteiger partial charge is 0.455 e. The Balaban J connectivity index is 1.61. The molecule has 5 nitrogen and oxygen atoms in total. The molecule has 0 bridgehead atoms. The molecule has 0 amide bonds. The molecule has 0 radical (unpaired) electrons. The fourth-order valence-corrected chi connectivity index (χ4v) is 4.54. The van der Waals surface area contributed by atoms with E-state index in [4.69, 9.17) is 9.40 Å². The minimum absolute atomic E-state index is 0.741. The van der Waals surface area contributed by atoms with Gasteiger partial charge in [0, 0.05) is 21.8 Å². The molecule has 0 aliphatic heterocycles. The monoisotopic (exact) mass is 412 g/mol. The van der Waals surface area contributed by atoms with Gasteiger partial charge in [-0.1, -0.05) is 60.7 Å². The first kappa shape index (κ1) is 17.2. The molecule has 3 heterocycles. The number of rotatable bonds is 2. The highest BCUT2D eigenvalue weighted by molar-refractivity contribution is 6.17. The van der Waals surface area contributed by atoms with E-state index in [2.05, 4.69) is 69.1 Å². The van der Waals surface area contributed by atoms with Gasteiger partial charge in [-0.3, -0.25) is 4.57 Å². The third-order valence-electron chi connectivity index (χ3n) is 5.97. The molecule has 0 N–H and O–H groups in total. The van der Waals surface area contributed by atoms with E-state index in [1.165, 1.54) is 0 Å². The fourth-order valence-electron chi connectivity index (χ4n) is 4.54. The average Bonchev–Trinajstić information content (AvgIpc) is 3.43. The highest BCUT2D eigenvalue weighted by Gasteiger charge is 2.20. The zero-order valence-electron chi connectivity index (χ0n) is 16.9. The van der Waals surface area contributed by atoms with Crippen LogP contribution in [0, 0.1) is 0 Å². The molecule has 4 aromatic carbocycles. The van der Waals surface area contributed by atoms with Gasteiger partial charge >= 0.3 is 0 Å². The Morgan fingerprint density at radius 2 is 1.50 bits per heavy atom. The van der Waals surface area contributed by atoms with Crippen LogP contribution in [-0.4, -0.2) is 19.5 Å². The summed E-state index contributed by atoms with van der Waals surface area (Å²) in [7, 11) is 0. The SMILES string of the molecule is c1ccc(-n2c(-c3cccc4c3oc3c5ccccc5ccc43)nc3cncnc32)cc1. The van der Waals surface area contributed by atoms with Crippen molar-refractivity contribution >= 4 is 43.9 Å². The molecule has 0 fully saturated rings. The second kappa shape index (κ2) is 6.49. The fraction of sp³-hybridized carbons (Fsp3) is 0.